The number of hydrogen-bond donors (Lipinski definition) is 1. The lowest BCUT2D eigenvalue weighted by Gasteiger charge is -2.31. The second-order valence-corrected chi connectivity index (χ2v) is 7.04. The summed E-state index contributed by atoms with van der Waals surface area (Å²) in [5.74, 6) is 0.963. The average Bonchev–Trinajstić information content (AvgIpc) is 2.82. The zero-order valence-corrected chi connectivity index (χ0v) is 15.2. The van der Waals surface area contributed by atoms with E-state index in [1.54, 1.807) is 4.90 Å². The second kappa shape index (κ2) is 6.97. The lowest BCUT2D eigenvalue weighted by molar-refractivity contribution is -0.953. The molecule has 1 aromatic carbocycles. The van der Waals surface area contributed by atoms with E-state index in [0.717, 1.165) is 29.0 Å². The fourth-order valence-electron chi connectivity index (χ4n) is 3.73. The summed E-state index contributed by atoms with van der Waals surface area (Å²) >= 11 is 5.73. The first-order valence-electron chi connectivity index (χ1n) is 8.68. The standard InChI is InChI=1S/C18H26N4S/c1-4-16-9-5-6-11-20(16)13-21-18(23)22(15(3)19-21)17-10-7-8-14(2)12-17/h7-8,10,12,16H,4-6,9,11,13H2,1-3H3/p+1/t16-/m0/s1. The van der Waals surface area contributed by atoms with E-state index in [2.05, 4.69) is 42.7 Å². The number of benzene rings is 1. The molecule has 0 spiro atoms. The topological polar surface area (TPSA) is 27.2 Å². The van der Waals surface area contributed by atoms with Crippen LogP contribution in [0, 0.1) is 18.6 Å². The van der Waals surface area contributed by atoms with Gasteiger partial charge in [-0.25, -0.2) is 0 Å². The van der Waals surface area contributed by atoms with Crippen LogP contribution in [0.3, 0.4) is 0 Å². The summed E-state index contributed by atoms with van der Waals surface area (Å²) in [4.78, 5) is 1.63. The molecular weight excluding hydrogens is 304 g/mol. The number of nitrogens with one attached hydrogen (secondary N) is 1. The van der Waals surface area contributed by atoms with Gasteiger partial charge in [0.2, 0.25) is 4.77 Å². The molecule has 1 fully saturated rings. The summed E-state index contributed by atoms with van der Waals surface area (Å²) in [6.07, 6.45) is 5.25. The smallest absolute Gasteiger partial charge is 0.207 e. The first-order chi connectivity index (χ1) is 11.1. The van der Waals surface area contributed by atoms with E-state index in [9.17, 15) is 0 Å². The number of likely N-dealkylation sites (tertiary alicyclic amines) is 1. The van der Waals surface area contributed by atoms with E-state index in [4.69, 9.17) is 17.3 Å². The number of aromatic nitrogens is 3. The summed E-state index contributed by atoms with van der Waals surface area (Å²) < 4.78 is 4.92. The Morgan fingerprint density at radius 2 is 2.13 bits per heavy atom. The molecule has 4 nitrogen and oxygen atoms in total. The maximum absolute atomic E-state index is 5.73. The number of nitrogens with zero attached hydrogens (tertiary/aromatic N) is 3. The number of quaternary nitrogens is 1. The third-order valence-electron chi connectivity index (χ3n) is 4.98. The highest BCUT2D eigenvalue weighted by atomic mass is 32.1. The molecule has 1 aromatic heterocycles. The monoisotopic (exact) mass is 331 g/mol. The fraction of sp³-hybridized carbons (Fsp3) is 0.556. The summed E-state index contributed by atoms with van der Waals surface area (Å²) in [5, 5.41) is 4.73. The van der Waals surface area contributed by atoms with Crippen LogP contribution in [0.1, 0.15) is 44.0 Å². The molecule has 1 saturated heterocycles. The Morgan fingerprint density at radius 1 is 1.30 bits per heavy atom. The summed E-state index contributed by atoms with van der Waals surface area (Å²) in [5.41, 5.74) is 2.35. The zero-order chi connectivity index (χ0) is 16.4. The van der Waals surface area contributed by atoms with Gasteiger partial charge in [0.15, 0.2) is 6.67 Å². The van der Waals surface area contributed by atoms with Gasteiger partial charge in [-0.05, 0) is 69.4 Å². The first-order valence-corrected chi connectivity index (χ1v) is 9.09. The Morgan fingerprint density at radius 3 is 2.87 bits per heavy atom. The van der Waals surface area contributed by atoms with Crippen LogP contribution in [0.15, 0.2) is 24.3 Å². The molecule has 5 heteroatoms. The molecule has 2 heterocycles. The van der Waals surface area contributed by atoms with Gasteiger partial charge in [-0.1, -0.05) is 19.1 Å². The highest BCUT2D eigenvalue weighted by Crippen LogP contribution is 2.14. The molecule has 0 amide bonds. The van der Waals surface area contributed by atoms with Crippen molar-refractivity contribution in [2.45, 2.75) is 59.2 Å². The molecule has 0 saturated carbocycles. The minimum Gasteiger partial charge on any atom is -0.314 e. The van der Waals surface area contributed by atoms with Gasteiger partial charge in [0.1, 0.15) is 5.82 Å². The largest absolute Gasteiger partial charge is 0.314 e. The van der Waals surface area contributed by atoms with Gasteiger partial charge in [0.05, 0.1) is 12.6 Å². The highest BCUT2D eigenvalue weighted by molar-refractivity contribution is 7.71. The number of aryl methyl sites for hydroxylation is 2. The van der Waals surface area contributed by atoms with Crippen LogP contribution in [0.2, 0.25) is 0 Å². The third kappa shape index (κ3) is 3.40. The minimum absolute atomic E-state index is 0.745. The molecule has 1 aliphatic heterocycles. The maximum Gasteiger partial charge on any atom is 0.207 e. The average molecular weight is 332 g/mol. The van der Waals surface area contributed by atoms with E-state index < -0.39 is 0 Å². The molecule has 0 aliphatic carbocycles. The molecule has 3 rings (SSSR count). The Balaban J connectivity index is 1.90. The van der Waals surface area contributed by atoms with Crippen molar-refractivity contribution < 1.29 is 4.90 Å². The van der Waals surface area contributed by atoms with Crippen molar-refractivity contribution in [1.82, 2.24) is 14.3 Å². The maximum atomic E-state index is 5.73. The van der Waals surface area contributed by atoms with Gasteiger partial charge in [0.25, 0.3) is 0 Å². The molecule has 0 bridgehead atoms. The predicted molar refractivity (Wildman–Crippen MR) is 95.6 cm³/mol. The molecule has 23 heavy (non-hydrogen) atoms. The molecular formula is C18H27N4S+. The zero-order valence-electron chi connectivity index (χ0n) is 14.4. The number of hydrogen-bond acceptors (Lipinski definition) is 2. The molecule has 124 valence electrons. The van der Waals surface area contributed by atoms with Crippen molar-refractivity contribution in [2.24, 2.45) is 0 Å². The van der Waals surface area contributed by atoms with Gasteiger partial charge in [-0.3, -0.25) is 4.57 Å². The quantitative estimate of drug-likeness (QED) is 0.872. The minimum atomic E-state index is 0.745. The normalized spacial score (nSPS) is 21.5. The molecule has 1 unspecified atom stereocenters. The summed E-state index contributed by atoms with van der Waals surface area (Å²) in [7, 11) is 0. The van der Waals surface area contributed by atoms with Crippen LogP contribution < -0.4 is 4.90 Å². The van der Waals surface area contributed by atoms with Crippen molar-refractivity contribution in [1.29, 1.82) is 0 Å². The number of rotatable bonds is 4. The van der Waals surface area contributed by atoms with Crippen molar-refractivity contribution >= 4 is 12.2 Å². The Labute approximate surface area is 143 Å². The molecule has 1 N–H and O–H groups in total. The first kappa shape index (κ1) is 16.4. The number of piperidine rings is 1. The molecule has 2 atom stereocenters. The van der Waals surface area contributed by atoms with Crippen LogP contribution in [0.4, 0.5) is 0 Å². The van der Waals surface area contributed by atoms with Crippen LogP contribution >= 0.6 is 12.2 Å². The van der Waals surface area contributed by atoms with Gasteiger partial charge in [-0.15, -0.1) is 0 Å². The third-order valence-corrected chi connectivity index (χ3v) is 5.38. The Bertz CT molecular complexity index is 731. The van der Waals surface area contributed by atoms with Crippen molar-refractivity contribution in [3.05, 3.63) is 40.4 Å². The van der Waals surface area contributed by atoms with E-state index in [1.165, 1.54) is 37.8 Å². The lowest BCUT2D eigenvalue weighted by atomic mass is 10.0. The lowest BCUT2D eigenvalue weighted by Crippen LogP contribution is -3.15. The SMILES string of the molecule is CC[C@H]1CCCC[NH+]1Cn1nc(C)n(-c2cccc(C)c2)c1=S. The van der Waals surface area contributed by atoms with Crippen molar-refractivity contribution in [3.8, 4) is 5.69 Å². The Hall–Kier alpha value is -1.46. The van der Waals surface area contributed by atoms with Crippen molar-refractivity contribution in [2.75, 3.05) is 6.54 Å². The summed E-state index contributed by atoms with van der Waals surface area (Å²) in [6, 6.07) is 9.19. The van der Waals surface area contributed by atoms with E-state index >= 15 is 0 Å². The van der Waals surface area contributed by atoms with Crippen LogP contribution in [0.25, 0.3) is 5.69 Å². The van der Waals surface area contributed by atoms with E-state index in [1.807, 2.05) is 11.6 Å². The van der Waals surface area contributed by atoms with Crippen LogP contribution in [-0.4, -0.2) is 26.9 Å². The molecule has 0 radical (unpaired) electrons. The highest BCUT2D eigenvalue weighted by Gasteiger charge is 2.25. The molecule has 1 aliphatic rings. The van der Waals surface area contributed by atoms with E-state index in [0.29, 0.717) is 0 Å². The summed E-state index contributed by atoms with van der Waals surface area (Å²) in [6.45, 7) is 8.56. The van der Waals surface area contributed by atoms with Gasteiger partial charge in [-0.2, -0.15) is 9.78 Å². The van der Waals surface area contributed by atoms with Crippen molar-refractivity contribution in [3.63, 3.8) is 0 Å². The van der Waals surface area contributed by atoms with E-state index in [-0.39, 0.29) is 0 Å². The van der Waals surface area contributed by atoms with Crippen LogP contribution in [0.5, 0.6) is 0 Å². The Kier molecular flexibility index (Phi) is 4.97. The van der Waals surface area contributed by atoms with Gasteiger partial charge < -0.3 is 4.90 Å². The second-order valence-electron chi connectivity index (χ2n) is 6.67. The predicted octanol–water partition coefficient (Wildman–Crippen LogP) is 2.83. The van der Waals surface area contributed by atoms with Gasteiger partial charge >= 0.3 is 0 Å². The van der Waals surface area contributed by atoms with Gasteiger partial charge in [0, 0.05) is 5.69 Å². The van der Waals surface area contributed by atoms with Crippen LogP contribution in [-0.2, 0) is 6.67 Å². The fourth-order valence-corrected chi connectivity index (χ4v) is 4.07. The molecule has 2 aromatic rings.